The molecule has 1 aliphatic heterocycles. The topological polar surface area (TPSA) is 93.4 Å². The highest BCUT2D eigenvalue weighted by Crippen LogP contribution is 2.27. The van der Waals surface area contributed by atoms with Gasteiger partial charge in [0.1, 0.15) is 23.3 Å². The van der Waals surface area contributed by atoms with Crippen LogP contribution in [0.2, 0.25) is 5.15 Å². The second kappa shape index (κ2) is 8.19. The Hall–Kier alpha value is -2.60. The quantitative estimate of drug-likeness (QED) is 0.624. The van der Waals surface area contributed by atoms with Crippen LogP contribution in [-0.4, -0.2) is 53.6 Å². The molecule has 8 nitrogen and oxygen atoms in total. The molecule has 0 aromatic carbocycles. The maximum Gasteiger partial charge on any atom is 0.269 e. The SMILES string of the molecule is [C-]#[N+]C[C@@H]1CNC[C@@H](c2cc(Cl)nc(-c3cc(C(=O)NC)ncn3)c2)O1. The van der Waals surface area contributed by atoms with Crippen LogP contribution >= 0.6 is 11.6 Å². The van der Waals surface area contributed by atoms with Crippen molar-refractivity contribution in [2.24, 2.45) is 0 Å². The highest BCUT2D eigenvalue weighted by atomic mass is 35.5. The lowest BCUT2D eigenvalue weighted by Gasteiger charge is -2.28. The van der Waals surface area contributed by atoms with E-state index in [0.717, 1.165) is 5.56 Å². The van der Waals surface area contributed by atoms with Gasteiger partial charge >= 0.3 is 0 Å². The number of amides is 1. The summed E-state index contributed by atoms with van der Waals surface area (Å²) in [5.74, 6) is -0.308. The molecule has 1 fully saturated rings. The summed E-state index contributed by atoms with van der Waals surface area (Å²) in [5, 5.41) is 6.09. The molecule has 0 bridgehead atoms. The minimum Gasteiger partial charge on any atom is -0.360 e. The van der Waals surface area contributed by atoms with Crippen molar-refractivity contribution in [3.8, 4) is 11.4 Å². The lowest BCUT2D eigenvalue weighted by atomic mass is 10.1. The molecule has 1 amide bonds. The van der Waals surface area contributed by atoms with E-state index in [0.29, 0.717) is 36.2 Å². The predicted molar refractivity (Wildman–Crippen MR) is 95.6 cm³/mol. The first-order valence-electron chi connectivity index (χ1n) is 8.02. The maximum atomic E-state index is 11.8. The highest BCUT2D eigenvalue weighted by Gasteiger charge is 2.26. The Morgan fingerprint density at radius 2 is 2.23 bits per heavy atom. The first-order chi connectivity index (χ1) is 12.6. The van der Waals surface area contributed by atoms with Crippen molar-refractivity contribution in [1.29, 1.82) is 0 Å². The molecular weight excluding hydrogens is 356 g/mol. The van der Waals surface area contributed by atoms with Crippen molar-refractivity contribution in [2.45, 2.75) is 12.2 Å². The molecule has 2 aromatic rings. The number of nitrogens with zero attached hydrogens (tertiary/aromatic N) is 4. The zero-order valence-electron chi connectivity index (χ0n) is 14.1. The molecule has 9 heteroatoms. The van der Waals surface area contributed by atoms with Gasteiger partial charge in [-0.2, -0.15) is 0 Å². The number of nitrogens with one attached hydrogen (secondary N) is 2. The number of rotatable bonds is 4. The second-order valence-corrected chi connectivity index (χ2v) is 6.11. The number of carbonyl (C=O) groups is 1. The van der Waals surface area contributed by atoms with Crippen LogP contribution in [0, 0.1) is 6.57 Å². The van der Waals surface area contributed by atoms with Gasteiger partial charge in [0.25, 0.3) is 5.91 Å². The van der Waals surface area contributed by atoms with E-state index >= 15 is 0 Å². The standard InChI is InChI=1S/C17H17ClN6O2/c1-19-6-11-7-21-8-15(26-11)10-3-13(24-16(18)4-10)12-5-14(17(25)20-2)23-9-22-12/h3-5,9,11,15,21H,6-8H2,2H3,(H,20,25)/t11-,15+/m1/s1. The number of morpholine rings is 1. The summed E-state index contributed by atoms with van der Waals surface area (Å²) in [6.07, 6.45) is 0.905. The van der Waals surface area contributed by atoms with Gasteiger partial charge in [0, 0.05) is 20.1 Å². The molecule has 0 aliphatic carbocycles. The van der Waals surface area contributed by atoms with Crippen LogP contribution in [0.1, 0.15) is 22.2 Å². The molecule has 0 saturated carbocycles. The molecule has 26 heavy (non-hydrogen) atoms. The fourth-order valence-corrected chi connectivity index (χ4v) is 2.91. The Morgan fingerprint density at radius 1 is 1.38 bits per heavy atom. The molecule has 0 radical (unpaired) electrons. The van der Waals surface area contributed by atoms with Crippen LogP contribution in [0.3, 0.4) is 0 Å². The number of carbonyl (C=O) groups excluding carboxylic acids is 1. The van der Waals surface area contributed by atoms with Crippen molar-refractivity contribution in [1.82, 2.24) is 25.6 Å². The molecule has 1 saturated heterocycles. The zero-order valence-corrected chi connectivity index (χ0v) is 14.8. The van der Waals surface area contributed by atoms with Gasteiger partial charge in [0.2, 0.25) is 6.54 Å². The molecule has 3 rings (SSSR count). The Labute approximate surface area is 155 Å². The summed E-state index contributed by atoms with van der Waals surface area (Å²) in [6, 6.07) is 5.12. The van der Waals surface area contributed by atoms with E-state index in [2.05, 4.69) is 30.4 Å². The Balaban J connectivity index is 1.91. The molecule has 0 unspecified atom stereocenters. The van der Waals surface area contributed by atoms with Gasteiger partial charge in [-0.15, -0.1) is 0 Å². The number of halogens is 1. The monoisotopic (exact) mass is 372 g/mol. The molecule has 0 spiro atoms. The number of pyridine rings is 1. The van der Waals surface area contributed by atoms with Gasteiger partial charge < -0.3 is 20.2 Å². The van der Waals surface area contributed by atoms with Gasteiger partial charge in [0.05, 0.1) is 17.5 Å². The number of ether oxygens (including phenoxy) is 1. The summed E-state index contributed by atoms with van der Waals surface area (Å²) < 4.78 is 5.98. The first-order valence-corrected chi connectivity index (χ1v) is 8.40. The van der Waals surface area contributed by atoms with E-state index in [9.17, 15) is 4.79 Å². The van der Waals surface area contributed by atoms with Crippen LogP contribution < -0.4 is 10.6 Å². The Morgan fingerprint density at radius 3 is 3.00 bits per heavy atom. The average Bonchev–Trinajstić information content (AvgIpc) is 2.67. The van der Waals surface area contributed by atoms with Crippen LogP contribution in [0.4, 0.5) is 0 Å². The summed E-state index contributed by atoms with van der Waals surface area (Å²) in [7, 11) is 1.53. The Bertz CT molecular complexity index is 853. The van der Waals surface area contributed by atoms with Crippen molar-refractivity contribution in [2.75, 3.05) is 26.7 Å². The fraction of sp³-hybridized carbons (Fsp3) is 0.353. The maximum absolute atomic E-state index is 11.8. The van der Waals surface area contributed by atoms with Gasteiger partial charge in [0.15, 0.2) is 0 Å². The first kappa shape index (κ1) is 18.2. The molecule has 134 valence electrons. The summed E-state index contributed by atoms with van der Waals surface area (Å²) >= 11 is 6.19. The third-order valence-electron chi connectivity index (χ3n) is 3.93. The lowest BCUT2D eigenvalue weighted by molar-refractivity contribution is -0.0300. The third-order valence-corrected chi connectivity index (χ3v) is 4.12. The van der Waals surface area contributed by atoms with Crippen molar-refractivity contribution in [3.63, 3.8) is 0 Å². The number of hydrogen-bond acceptors (Lipinski definition) is 6. The van der Waals surface area contributed by atoms with E-state index in [1.165, 1.54) is 13.4 Å². The van der Waals surface area contributed by atoms with E-state index in [-0.39, 0.29) is 23.8 Å². The van der Waals surface area contributed by atoms with E-state index < -0.39 is 0 Å². The molecular formula is C17H17ClN6O2. The minimum atomic E-state index is -0.308. The largest absolute Gasteiger partial charge is 0.360 e. The molecule has 2 atom stereocenters. The zero-order chi connectivity index (χ0) is 18.5. The number of hydrogen-bond donors (Lipinski definition) is 2. The van der Waals surface area contributed by atoms with Crippen LogP contribution in [0.5, 0.6) is 0 Å². The molecule has 2 N–H and O–H groups in total. The van der Waals surface area contributed by atoms with E-state index in [1.54, 1.807) is 12.1 Å². The van der Waals surface area contributed by atoms with Crippen LogP contribution in [-0.2, 0) is 4.74 Å². The van der Waals surface area contributed by atoms with Crippen LogP contribution in [0.15, 0.2) is 24.5 Å². The molecule has 2 aromatic heterocycles. The number of aromatic nitrogens is 3. The Kier molecular flexibility index (Phi) is 5.73. The summed E-state index contributed by atoms with van der Waals surface area (Å²) in [4.78, 5) is 27.6. The van der Waals surface area contributed by atoms with Gasteiger partial charge in [-0.05, 0) is 23.8 Å². The highest BCUT2D eigenvalue weighted by molar-refractivity contribution is 6.29. The van der Waals surface area contributed by atoms with Crippen molar-refractivity contribution in [3.05, 3.63) is 52.4 Å². The third kappa shape index (κ3) is 4.14. The van der Waals surface area contributed by atoms with Gasteiger partial charge in [-0.3, -0.25) is 4.79 Å². The molecule has 1 aliphatic rings. The fourth-order valence-electron chi connectivity index (χ4n) is 2.69. The summed E-state index contributed by atoms with van der Waals surface area (Å²) in [6.45, 7) is 8.56. The van der Waals surface area contributed by atoms with E-state index in [4.69, 9.17) is 22.9 Å². The lowest BCUT2D eigenvalue weighted by Crippen LogP contribution is -2.41. The molecule has 3 heterocycles. The van der Waals surface area contributed by atoms with Gasteiger partial charge in [-0.25, -0.2) is 21.5 Å². The predicted octanol–water partition coefficient (Wildman–Crippen LogP) is 1.50. The van der Waals surface area contributed by atoms with Crippen molar-refractivity contribution >= 4 is 17.5 Å². The average molecular weight is 373 g/mol. The van der Waals surface area contributed by atoms with Crippen LogP contribution in [0.25, 0.3) is 16.2 Å². The normalized spacial score (nSPS) is 19.6. The van der Waals surface area contributed by atoms with E-state index in [1.807, 2.05) is 6.07 Å². The summed E-state index contributed by atoms with van der Waals surface area (Å²) in [5.41, 5.74) is 2.09. The smallest absolute Gasteiger partial charge is 0.269 e. The van der Waals surface area contributed by atoms with Gasteiger partial charge in [-0.1, -0.05) is 11.6 Å². The van der Waals surface area contributed by atoms with Crippen molar-refractivity contribution < 1.29 is 9.53 Å². The minimum absolute atomic E-state index is 0.166. The second-order valence-electron chi connectivity index (χ2n) is 5.72.